The molecule has 0 bridgehead atoms. The summed E-state index contributed by atoms with van der Waals surface area (Å²) in [5, 5.41) is 12.8. The van der Waals surface area contributed by atoms with Crippen molar-refractivity contribution in [3.05, 3.63) is 51.5 Å². The fourth-order valence-electron chi connectivity index (χ4n) is 2.04. The van der Waals surface area contributed by atoms with Gasteiger partial charge in [-0.25, -0.2) is 13.8 Å². The summed E-state index contributed by atoms with van der Waals surface area (Å²) in [6, 6.07) is 2.49. The van der Waals surface area contributed by atoms with Gasteiger partial charge in [0.15, 0.2) is 11.6 Å². The fraction of sp³-hybridized carbons (Fsp3) is 0.333. The number of aryl methyl sites for hydroxylation is 1. The second-order valence-electron chi connectivity index (χ2n) is 4.86. The predicted octanol–water partition coefficient (Wildman–Crippen LogP) is 2.84. The number of hydrogen-bond donors (Lipinski definition) is 2. The van der Waals surface area contributed by atoms with E-state index in [0.29, 0.717) is 17.0 Å². The van der Waals surface area contributed by atoms with E-state index in [9.17, 15) is 18.7 Å². The van der Waals surface area contributed by atoms with Crippen LogP contribution < -0.4 is 5.32 Å². The molecule has 7 heteroatoms. The number of carbonyl (C=O) groups excluding carboxylic acids is 1. The highest BCUT2D eigenvalue weighted by Crippen LogP contribution is 2.20. The molecule has 2 aromatic rings. The minimum Gasteiger partial charge on any atom is -0.386 e. The quantitative estimate of drug-likeness (QED) is 0.888. The number of halogens is 2. The normalized spacial score (nSPS) is 13.7. The van der Waals surface area contributed by atoms with E-state index in [1.165, 1.54) is 17.4 Å². The van der Waals surface area contributed by atoms with Gasteiger partial charge in [0.2, 0.25) is 0 Å². The average molecular weight is 326 g/mol. The van der Waals surface area contributed by atoms with Crippen molar-refractivity contribution in [2.24, 2.45) is 0 Å². The topological polar surface area (TPSA) is 62.2 Å². The van der Waals surface area contributed by atoms with E-state index < -0.39 is 23.8 Å². The lowest BCUT2D eigenvalue weighted by molar-refractivity contribution is 0.0854. The van der Waals surface area contributed by atoms with E-state index >= 15 is 0 Å². The number of hydrogen-bond acceptors (Lipinski definition) is 4. The number of aliphatic hydroxyl groups is 1. The molecule has 0 spiro atoms. The zero-order chi connectivity index (χ0) is 16.3. The highest BCUT2D eigenvalue weighted by Gasteiger charge is 2.22. The van der Waals surface area contributed by atoms with E-state index in [4.69, 9.17) is 0 Å². The summed E-state index contributed by atoms with van der Waals surface area (Å²) < 4.78 is 26.1. The van der Waals surface area contributed by atoms with E-state index in [1.807, 2.05) is 6.92 Å². The maximum absolute atomic E-state index is 13.2. The molecule has 0 saturated carbocycles. The molecular formula is C15H16F2N2O2S. The van der Waals surface area contributed by atoms with Crippen molar-refractivity contribution >= 4 is 17.2 Å². The van der Waals surface area contributed by atoms with Gasteiger partial charge >= 0.3 is 0 Å². The molecule has 22 heavy (non-hydrogen) atoms. The van der Waals surface area contributed by atoms with Crippen LogP contribution in [-0.2, 0) is 6.42 Å². The van der Waals surface area contributed by atoms with Crippen molar-refractivity contribution in [2.45, 2.75) is 32.4 Å². The second kappa shape index (κ2) is 6.93. The lowest BCUT2D eigenvalue weighted by atomic mass is 10.0. The summed E-state index contributed by atoms with van der Waals surface area (Å²) >= 11 is 1.22. The van der Waals surface area contributed by atoms with Gasteiger partial charge < -0.3 is 10.4 Å². The molecule has 0 aliphatic heterocycles. The SMILES string of the molecule is CCc1ncsc1C(=O)NC(C)C(O)c1ccc(F)c(F)c1. The van der Waals surface area contributed by atoms with Crippen LogP contribution in [0.1, 0.15) is 40.9 Å². The van der Waals surface area contributed by atoms with Crippen molar-refractivity contribution in [3.63, 3.8) is 0 Å². The fourth-order valence-corrected chi connectivity index (χ4v) is 2.83. The molecule has 2 atom stereocenters. The van der Waals surface area contributed by atoms with Gasteiger partial charge in [-0.05, 0) is 31.0 Å². The molecule has 2 rings (SSSR count). The number of amides is 1. The monoisotopic (exact) mass is 326 g/mol. The first-order valence-corrected chi connectivity index (χ1v) is 7.68. The number of rotatable bonds is 5. The lowest BCUT2D eigenvalue weighted by Crippen LogP contribution is -2.37. The Balaban J connectivity index is 2.09. The third kappa shape index (κ3) is 3.48. The molecule has 0 aliphatic rings. The molecule has 1 aromatic carbocycles. The summed E-state index contributed by atoms with van der Waals surface area (Å²) in [5.74, 6) is -2.36. The van der Waals surface area contributed by atoms with Crippen molar-refractivity contribution < 1.29 is 18.7 Å². The van der Waals surface area contributed by atoms with E-state index in [1.54, 1.807) is 12.4 Å². The van der Waals surface area contributed by atoms with Crippen molar-refractivity contribution in [1.82, 2.24) is 10.3 Å². The number of aromatic nitrogens is 1. The maximum atomic E-state index is 13.2. The van der Waals surface area contributed by atoms with Crippen molar-refractivity contribution in [3.8, 4) is 0 Å². The number of carbonyl (C=O) groups is 1. The molecule has 2 unspecified atom stereocenters. The molecule has 2 N–H and O–H groups in total. The molecule has 118 valence electrons. The van der Waals surface area contributed by atoms with Crippen LogP contribution >= 0.6 is 11.3 Å². The van der Waals surface area contributed by atoms with Gasteiger partial charge in [0.1, 0.15) is 4.88 Å². The molecule has 1 amide bonds. The molecule has 0 radical (unpaired) electrons. The van der Waals surface area contributed by atoms with Crippen LogP contribution in [-0.4, -0.2) is 22.0 Å². The van der Waals surface area contributed by atoms with Gasteiger partial charge in [0.05, 0.1) is 23.4 Å². The molecule has 4 nitrogen and oxygen atoms in total. The average Bonchev–Trinajstić information content (AvgIpc) is 2.97. The molecule has 0 aliphatic carbocycles. The Morgan fingerprint density at radius 2 is 2.14 bits per heavy atom. The van der Waals surface area contributed by atoms with Gasteiger partial charge in [-0.1, -0.05) is 13.0 Å². The van der Waals surface area contributed by atoms with Crippen LogP contribution in [0.5, 0.6) is 0 Å². The summed E-state index contributed by atoms with van der Waals surface area (Å²) in [7, 11) is 0. The van der Waals surface area contributed by atoms with Crippen LogP contribution in [0.2, 0.25) is 0 Å². The lowest BCUT2D eigenvalue weighted by Gasteiger charge is -2.20. The van der Waals surface area contributed by atoms with Crippen LogP contribution in [0.25, 0.3) is 0 Å². The summed E-state index contributed by atoms with van der Waals surface area (Å²) in [6.45, 7) is 3.49. The van der Waals surface area contributed by atoms with Gasteiger partial charge in [-0.3, -0.25) is 4.79 Å². The Labute approximate surface area is 130 Å². The molecule has 0 fully saturated rings. The van der Waals surface area contributed by atoms with Gasteiger partial charge in [0, 0.05) is 0 Å². The molecular weight excluding hydrogens is 310 g/mol. The van der Waals surface area contributed by atoms with Crippen LogP contribution in [0.15, 0.2) is 23.7 Å². The van der Waals surface area contributed by atoms with Crippen molar-refractivity contribution in [2.75, 3.05) is 0 Å². The van der Waals surface area contributed by atoms with Gasteiger partial charge in [-0.15, -0.1) is 11.3 Å². The summed E-state index contributed by atoms with van der Waals surface area (Å²) in [5.41, 5.74) is 2.48. The third-order valence-electron chi connectivity index (χ3n) is 3.30. The number of nitrogens with one attached hydrogen (secondary N) is 1. The smallest absolute Gasteiger partial charge is 0.263 e. The zero-order valence-corrected chi connectivity index (χ0v) is 13.0. The number of aliphatic hydroxyl groups excluding tert-OH is 1. The number of thiazole rings is 1. The first-order chi connectivity index (χ1) is 10.4. The summed E-state index contributed by atoms with van der Waals surface area (Å²) in [4.78, 5) is 16.8. The largest absolute Gasteiger partial charge is 0.386 e. The zero-order valence-electron chi connectivity index (χ0n) is 12.1. The van der Waals surface area contributed by atoms with E-state index in [2.05, 4.69) is 10.3 Å². The Kier molecular flexibility index (Phi) is 5.20. The van der Waals surface area contributed by atoms with Crippen LogP contribution in [0, 0.1) is 11.6 Å². The maximum Gasteiger partial charge on any atom is 0.263 e. The third-order valence-corrected chi connectivity index (χ3v) is 4.17. The first kappa shape index (κ1) is 16.5. The van der Waals surface area contributed by atoms with E-state index in [-0.39, 0.29) is 11.5 Å². The summed E-state index contributed by atoms with van der Waals surface area (Å²) in [6.07, 6.45) is -0.510. The van der Waals surface area contributed by atoms with Crippen LogP contribution in [0.4, 0.5) is 8.78 Å². The number of nitrogens with zero attached hydrogens (tertiary/aromatic N) is 1. The molecule has 0 saturated heterocycles. The van der Waals surface area contributed by atoms with Gasteiger partial charge in [0.25, 0.3) is 5.91 Å². The molecule has 1 aromatic heterocycles. The van der Waals surface area contributed by atoms with Gasteiger partial charge in [-0.2, -0.15) is 0 Å². The Hall–Kier alpha value is -1.86. The van der Waals surface area contributed by atoms with Crippen LogP contribution in [0.3, 0.4) is 0 Å². The highest BCUT2D eigenvalue weighted by atomic mass is 32.1. The first-order valence-electron chi connectivity index (χ1n) is 6.80. The van der Waals surface area contributed by atoms with Crippen molar-refractivity contribution in [1.29, 1.82) is 0 Å². The Bertz CT molecular complexity index is 675. The minimum absolute atomic E-state index is 0.201. The predicted molar refractivity (Wildman–Crippen MR) is 79.7 cm³/mol. The van der Waals surface area contributed by atoms with E-state index in [0.717, 1.165) is 12.1 Å². The minimum atomic E-state index is -1.14. The Morgan fingerprint density at radius 3 is 2.77 bits per heavy atom. The highest BCUT2D eigenvalue weighted by molar-refractivity contribution is 7.11. The Morgan fingerprint density at radius 1 is 1.41 bits per heavy atom. The molecule has 1 heterocycles. The number of benzene rings is 1. The standard InChI is InChI=1S/C15H16F2N2O2S/c1-3-12-14(22-7-18-12)15(21)19-8(2)13(20)9-4-5-10(16)11(17)6-9/h4-8,13,20H,3H2,1-2H3,(H,19,21). The second-order valence-corrected chi connectivity index (χ2v) is 5.72.